The van der Waals surface area contributed by atoms with Crippen molar-refractivity contribution in [1.82, 2.24) is 9.78 Å². The first kappa shape index (κ1) is 17.7. The highest BCUT2D eigenvalue weighted by Gasteiger charge is 2.47. The molecule has 1 atom stereocenters. The minimum atomic E-state index is -1.59. The Morgan fingerprint density at radius 3 is 2.38 bits per heavy atom. The fourth-order valence-corrected chi connectivity index (χ4v) is 2.98. The average Bonchev–Trinajstić information content (AvgIpc) is 2.71. The molecule has 0 amide bonds. The molecule has 21 heavy (non-hydrogen) atoms. The number of carboxylic acid groups (broad SMARTS) is 1. The molecule has 0 fully saturated rings. The number of carbonyl (C=O) groups excluding carboxylic acids is 1. The second kappa shape index (κ2) is 7.06. The molecule has 7 heteroatoms. The molecular weight excluding hydrogens is 340 g/mol. The molecule has 0 aliphatic heterocycles. The summed E-state index contributed by atoms with van der Waals surface area (Å²) in [6, 6.07) is 0. The molecule has 6 nitrogen and oxygen atoms in total. The topological polar surface area (TPSA) is 81.4 Å². The summed E-state index contributed by atoms with van der Waals surface area (Å²) in [5.41, 5.74) is -0.0620. The SMILES string of the molecule is CCOC(=O)C(CC)(Cc1c(Br)c(CC)nn1C)C(=O)O. The van der Waals surface area contributed by atoms with E-state index in [0.29, 0.717) is 5.69 Å². The quantitative estimate of drug-likeness (QED) is 0.596. The number of carboxylic acids is 1. The van der Waals surface area contributed by atoms with E-state index in [1.54, 1.807) is 25.6 Å². The predicted molar refractivity (Wildman–Crippen MR) is 81.0 cm³/mol. The van der Waals surface area contributed by atoms with Crippen LogP contribution in [0.3, 0.4) is 0 Å². The van der Waals surface area contributed by atoms with Gasteiger partial charge in [-0.05, 0) is 35.7 Å². The van der Waals surface area contributed by atoms with E-state index >= 15 is 0 Å². The van der Waals surface area contributed by atoms with Crippen molar-refractivity contribution in [3.8, 4) is 0 Å². The molecule has 1 aromatic heterocycles. The fourth-order valence-electron chi connectivity index (χ4n) is 2.22. The first-order chi connectivity index (χ1) is 9.83. The third kappa shape index (κ3) is 3.28. The monoisotopic (exact) mass is 360 g/mol. The Balaban J connectivity index is 3.28. The third-order valence-corrected chi connectivity index (χ3v) is 4.57. The van der Waals surface area contributed by atoms with Gasteiger partial charge in [-0.3, -0.25) is 14.3 Å². The van der Waals surface area contributed by atoms with Crippen molar-refractivity contribution in [3.05, 3.63) is 15.9 Å². The fraction of sp³-hybridized carbons (Fsp3) is 0.643. The number of rotatable bonds is 7. The number of hydrogen-bond donors (Lipinski definition) is 1. The van der Waals surface area contributed by atoms with E-state index in [4.69, 9.17) is 4.74 Å². The minimum Gasteiger partial charge on any atom is -0.480 e. The number of aliphatic carboxylic acids is 1. The second-order valence-corrected chi connectivity index (χ2v) is 5.62. The zero-order valence-corrected chi connectivity index (χ0v) is 14.4. The number of nitrogens with zero attached hydrogens (tertiary/aromatic N) is 2. The zero-order valence-electron chi connectivity index (χ0n) is 12.8. The lowest BCUT2D eigenvalue weighted by Crippen LogP contribution is -2.42. The van der Waals surface area contributed by atoms with Crippen LogP contribution in [0, 0.1) is 5.41 Å². The summed E-state index contributed by atoms with van der Waals surface area (Å²) in [5.74, 6) is -1.87. The standard InChI is InChI=1S/C14H21BrN2O4/c1-5-9-11(15)10(17(4)16-9)8-14(6-2,12(18)19)13(20)21-7-3/h5-8H2,1-4H3,(H,18,19). The largest absolute Gasteiger partial charge is 0.480 e. The van der Waals surface area contributed by atoms with Crippen LogP contribution in [-0.2, 0) is 34.2 Å². The summed E-state index contributed by atoms with van der Waals surface area (Å²) < 4.78 is 7.36. The number of carbonyl (C=O) groups is 2. The summed E-state index contributed by atoms with van der Waals surface area (Å²) in [5, 5.41) is 13.9. The summed E-state index contributed by atoms with van der Waals surface area (Å²) in [6.07, 6.45) is 0.919. The summed E-state index contributed by atoms with van der Waals surface area (Å²) >= 11 is 3.45. The Bertz CT molecular complexity index is 541. The van der Waals surface area contributed by atoms with Gasteiger partial charge in [0.25, 0.3) is 0 Å². The molecule has 0 saturated heterocycles. The van der Waals surface area contributed by atoms with Crippen LogP contribution in [0.15, 0.2) is 4.47 Å². The van der Waals surface area contributed by atoms with Crippen LogP contribution in [0.25, 0.3) is 0 Å². The van der Waals surface area contributed by atoms with Gasteiger partial charge in [0.1, 0.15) is 0 Å². The molecular formula is C14H21BrN2O4. The number of esters is 1. The summed E-state index contributed by atoms with van der Waals surface area (Å²) in [7, 11) is 1.74. The Labute approximate surface area is 132 Å². The summed E-state index contributed by atoms with van der Waals surface area (Å²) in [4.78, 5) is 23.9. The molecule has 1 heterocycles. The molecule has 0 saturated carbocycles. The molecule has 0 radical (unpaired) electrons. The van der Waals surface area contributed by atoms with Crippen molar-refractivity contribution in [3.63, 3.8) is 0 Å². The maximum atomic E-state index is 12.2. The second-order valence-electron chi connectivity index (χ2n) is 4.82. The number of halogens is 1. The molecule has 118 valence electrons. The van der Waals surface area contributed by atoms with E-state index in [0.717, 1.165) is 16.6 Å². The first-order valence-corrected chi connectivity index (χ1v) is 7.74. The lowest BCUT2D eigenvalue weighted by Gasteiger charge is -2.25. The Hall–Kier alpha value is -1.37. The van der Waals surface area contributed by atoms with Crippen LogP contribution in [0.1, 0.15) is 38.6 Å². The lowest BCUT2D eigenvalue weighted by atomic mass is 9.80. The van der Waals surface area contributed by atoms with Crippen molar-refractivity contribution in [2.45, 2.75) is 40.0 Å². The highest BCUT2D eigenvalue weighted by atomic mass is 79.9. The van der Waals surface area contributed by atoms with Gasteiger partial charge in [-0.1, -0.05) is 13.8 Å². The number of aryl methyl sites for hydroxylation is 2. The minimum absolute atomic E-state index is 0.0434. The van der Waals surface area contributed by atoms with E-state index in [1.807, 2.05) is 6.92 Å². The van der Waals surface area contributed by atoms with Gasteiger partial charge in [-0.25, -0.2) is 0 Å². The molecule has 0 aliphatic rings. The molecule has 1 rings (SSSR count). The Kier molecular flexibility index (Phi) is 5.95. The molecule has 0 aromatic carbocycles. The lowest BCUT2D eigenvalue weighted by molar-refractivity contribution is -0.169. The third-order valence-electron chi connectivity index (χ3n) is 3.65. The maximum absolute atomic E-state index is 12.2. The molecule has 0 aliphatic carbocycles. The van der Waals surface area contributed by atoms with Gasteiger partial charge in [-0.15, -0.1) is 0 Å². The van der Waals surface area contributed by atoms with E-state index in [9.17, 15) is 14.7 Å². The molecule has 1 aromatic rings. The molecule has 1 unspecified atom stereocenters. The van der Waals surface area contributed by atoms with E-state index in [1.165, 1.54) is 0 Å². The normalized spacial score (nSPS) is 13.8. The van der Waals surface area contributed by atoms with Crippen molar-refractivity contribution >= 4 is 27.9 Å². The van der Waals surface area contributed by atoms with E-state index < -0.39 is 17.4 Å². The number of hydrogen-bond acceptors (Lipinski definition) is 4. The van der Waals surface area contributed by atoms with Crippen LogP contribution in [0.4, 0.5) is 0 Å². The highest BCUT2D eigenvalue weighted by molar-refractivity contribution is 9.10. The van der Waals surface area contributed by atoms with Gasteiger partial charge in [0.05, 0.1) is 22.5 Å². The Morgan fingerprint density at radius 2 is 2.00 bits per heavy atom. The summed E-state index contributed by atoms with van der Waals surface area (Å²) in [6.45, 7) is 5.46. The smallest absolute Gasteiger partial charge is 0.323 e. The van der Waals surface area contributed by atoms with Gasteiger partial charge in [0.2, 0.25) is 0 Å². The Morgan fingerprint density at radius 1 is 1.38 bits per heavy atom. The first-order valence-electron chi connectivity index (χ1n) is 6.94. The average molecular weight is 361 g/mol. The molecule has 0 bridgehead atoms. The van der Waals surface area contributed by atoms with Crippen molar-refractivity contribution < 1.29 is 19.4 Å². The zero-order chi connectivity index (χ0) is 16.2. The number of aromatic nitrogens is 2. The van der Waals surface area contributed by atoms with E-state index in [-0.39, 0.29) is 19.4 Å². The predicted octanol–water partition coefficient (Wildman–Crippen LogP) is 2.33. The van der Waals surface area contributed by atoms with Gasteiger partial charge in [-0.2, -0.15) is 5.10 Å². The van der Waals surface area contributed by atoms with Crippen LogP contribution >= 0.6 is 15.9 Å². The van der Waals surface area contributed by atoms with Crippen LogP contribution < -0.4 is 0 Å². The number of ether oxygens (including phenoxy) is 1. The molecule has 1 N–H and O–H groups in total. The van der Waals surface area contributed by atoms with Gasteiger partial charge >= 0.3 is 11.9 Å². The van der Waals surface area contributed by atoms with Gasteiger partial charge in [0, 0.05) is 13.5 Å². The van der Waals surface area contributed by atoms with Crippen LogP contribution in [0.5, 0.6) is 0 Å². The van der Waals surface area contributed by atoms with Crippen LogP contribution in [-0.4, -0.2) is 33.4 Å². The van der Waals surface area contributed by atoms with Gasteiger partial charge < -0.3 is 9.84 Å². The molecule has 0 spiro atoms. The maximum Gasteiger partial charge on any atom is 0.323 e. The van der Waals surface area contributed by atoms with Gasteiger partial charge in [0.15, 0.2) is 5.41 Å². The van der Waals surface area contributed by atoms with Crippen LogP contribution in [0.2, 0.25) is 0 Å². The van der Waals surface area contributed by atoms with Crippen molar-refractivity contribution in [1.29, 1.82) is 0 Å². The van der Waals surface area contributed by atoms with Crippen molar-refractivity contribution in [2.24, 2.45) is 12.5 Å². The van der Waals surface area contributed by atoms with E-state index in [2.05, 4.69) is 21.0 Å². The van der Waals surface area contributed by atoms with Crippen molar-refractivity contribution in [2.75, 3.05) is 6.61 Å². The highest BCUT2D eigenvalue weighted by Crippen LogP contribution is 2.33.